The van der Waals surface area contributed by atoms with Crippen molar-refractivity contribution in [3.8, 4) is 0 Å². The zero-order chi connectivity index (χ0) is 12.8. The van der Waals surface area contributed by atoms with Crippen molar-refractivity contribution < 1.29 is 9.05 Å². The van der Waals surface area contributed by atoms with Crippen LogP contribution in [0.25, 0.3) is 0 Å². The van der Waals surface area contributed by atoms with Crippen molar-refractivity contribution in [1.82, 2.24) is 10.3 Å². The van der Waals surface area contributed by atoms with Gasteiger partial charge in [0.05, 0.1) is 11.9 Å². The van der Waals surface area contributed by atoms with Crippen LogP contribution >= 0.6 is 0 Å². The van der Waals surface area contributed by atoms with E-state index in [1.165, 1.54) is 0 Å². The van der Waals surface area contributed by atoms with Gasteiger partial charge >= 0.3 is 0 Å². The fourth-order valence-electron chi connectivity index (χ4n) is 0.552. The Bertz CT molecular complexity index is 256. The summed E-state index contributed by atoms with van der Waals surface area (Å²) in [6.07, 6.45) is 3.17. The second-order valence-corrected chi connectivity index (χ2v) is 2.26. The van der Waals surface area contributed by atoms with Crippen LogP contribution in [0.5, 0.6) is 0 Å². The van der Waals surface area contributed by atoms with Crippen LogP contribution in [0.1, 0.15) is 39.1 Å². The Kier molecular flexibility index (Phi) is 14.1. The molecule has 0 unspecified atom stereocenters. The van der Waals surface area contributed by atoms with Crippen LogP contribution < -0.4 is 0 Å². The molecule has 0 aliphatic rings. The SMILES string of the molecule is CC.CC.Cc1ccno1.Cc1ccon1. The minimum Gasteiger partial charge on any atom is -0.365 e. The summed E-state index contributed by atoms with van der Waals surface area (Å²) in [5.74, 6) is 0.856. The van der Waals surface area contributed by atoms with E-state index in [9.17, 15) is 0 Å². The number of hydrogen-bond donors (Lipinski definition) is 0. The van der Waals surface area contributed by atoms with E-state index >= 15 is 0 Å². The molecule has 2 aromatic heterocycles. The second kappa shape index (κ2) is 13.4. The number of nitrogens with zero attached hydrogens (tertiary/aromatic N) is 2. The molecule has 0 saturated heterocycles. The maximum absolute atomic E-state index is 4.58. The highest BCUT2D eigenvalue weighted by molar-refractivity contribution is 4.89. The fourth-order valence-corrected chi connectivity index (χ4v) is 0.552. The van der Waals surface area contributed by atoms with Gasteiger partial charge in [-0.15, -0.1) is 0 Å². The van der Waals surface area contributed by atoms with Gasteiger partial charge in [-0.05, 0) is 13.8 Å². The Labute approximate surface area is 97.6 Å². The van der Waals surface area contributed by atoms with E-state index in [-0.39, 0.29) is 0 Å². The van der Waals surface area contributed by atoms with E-state index in [0.717, 1.165) is 11.5 Å². The molecule has 0 aliphatic heterocycles. The maximum atomic E-state index is 4.58. The molecule has 2 rings (SSSR count). The van der Waals surface area contributed by atoms with Gasteiger partial charge in [-0.25, -0.2) is 0 Å². The van der Waals surface area contributed by atoms with Gasteiger partial charge in [0.15, 0.2) is 0 Å². The Balaban J connectivity index is 0. The number of rotatable bonds is 0. The first-order valence-electron chi connectivity index (χ1n) is 5.53. The van der Waals surface area contributed by atoms with Crippen molar-refractivity contribution in [3.05, 3.63) is 36.0 Å². The minimum atomic E-state index is 0.856. The molecule has 16 heavy (non-hydrogen) atoms. The number of aryl methyl sites for hydroxylation is 2. The van der Waals surface area contributed by atoms with Crippen molar-refractivity contribution in [1.29, 1.82) is 0 Å². The van der Waals surface area contributed by atoms with E-state index in [2.05, 4.69) is 19.4 Å². The first-order chi connectivity index (χ1) is 7.79. The van der Waals surface area contributed by atoms with E-state index in [1.807, 2.05) is 41.5 Å². The Morgan fingerprint density at radius 1 is 1.00 bits per heavy atom. The molecule has 0 atom stereocenters. The first kappa shape index (κ1) is 16.8. The van der Waals surface area contributed by atoms with E-state index in [4.69, 9.17) is 0 Å². The molecular formula is C12H22N2O2. The maximum Gasteiger partial charge on any atom is 0.133 e. The van der Waals surface area contributed by atoms with E-state index in [1.54, 1.807) is 24.6 Å². The summed E-state index contributed by atoms with van der Waals surface area (Å²) in [4.78, 5) is 0. The van der Waals surface area contributed by atoms with Gasteiger partial charge in [-0.1, -0.05) is 38.0 Å². The highest BCUT2D eigenvalue weighted by atomic mass is 16.5. The van der Waals surface area contributed by atoms with Crippen LogP contribution in [0, 0.1) is 13.8 Å². The number of hydrogen-bond acceptors (Lipinski definition) is 4. The number of aromatic nitrogens is 2. The lowest BCUT2D eigenvalue weighted by Crippen LogP contribution is -1.59. The summed E-state index contributed by atoms with van der Waals surface area (Å²) >= 11 is 0. The summed E-state index contributed by atoms with van der Waals surface area (Å²) in [6, 6.07) is 3.61. The Morgan fingerprint density at radius 2 is 1.62 bits per heavy atom. The molecule has 0 aromatic carbocycles. The average molecular weight is 226 g/mol. The predicted octanol–water partition coefficient (Wildman–Crippen LogP) is 4.02. The fraction of sp³-hybridized carbons (Fsp3) is 0.500. The molecule has 0 aliphatic carbocycles. The lowest BCUT2D eigenvalue weighted by molar-refractivity contribution is 0.397. The van der Waals surface area contributed by atoms with Gasteiger partial charge < -0.3 is 9.05 Å². The highest BCUT2D eigenvalue weighted by Gasteiger charge is 1.78. The zero-order valence-corrected chi connectivity index (χ0v) is 11.0. The smallest absolute Gasteiger partial charge is 0.133 e. The van der Waals surface area contributed by atoms with Crippen molar-refractivity contribution in [3.63, 3.8) is 0 Å². The van der Waals surface area contributed by atoms with Gasteiger partial charge in [0, 0.05) is 12.1 Å². The van der Waals surface area contributed by atoms with Crippen molar-refractivity contribution in [2.75, 3.05) is 0 Å². The molecule has 0 saturated carbocycles. The van der Waals surface area contributed by atoms with Crippen LogP contribution in [0.4, 0.5) is 0 Å². The summed E-state index contributed by atoms with van der Waals surface area (Å²) in [7, 11) is 0. The van der Waals surface area contributed by atoms with Gasteiger partial charge in [-0.2, -0.15) is 0 Å². The lowest BCUT2D eigenvalue weighted by Gasteiger charge is -1.65. The average Bonchev–Trinajstić information content (AvgIpc) is 2.98. The molecule has 4 heteroatoms. The second-order valence-electron chi connectivity index (χ2n) is 2.26. The molecule has 0 spiro atoms. The molecule has 2 aromatic rings. The third kappa shape index (κ3) is 10.5. The van der Waals surface area contributed by atoms with Crippen LogP contribution in [0.15, 0.2) is 33.6 Å². The third-order valence-corrected chi connectivity index (χ3v) is 1.13. The lowest BCUT2D eigenvalue weighted by atomic mass is 10.5. The predicted molar refractivity (Wildman–Crippen MR) is 65.2 cm³/mol. The molecular weight excluding hydrogens is 204 g/mol. The van der Waals surface area contributed by atoms with Crippen LogP contribution in [0.2, 0.25) is 0 Å². The molecule has 0 amide bonds. The van der Waals surface area contributed by atoms with E-state index < -0.39 is 0 Å². The van der Waals surface area contributed by atoms with E-state index in [0.29, 0.717) is 0 Å². The van der Waals surface area contributed by atoms with Gasteiger partial charge in [0.1, 0.15) is 12.0 Å². The van der Waals surface area contributed by atoms with Crippen LogP contribution in [0.3, 0.4) is 0 Å². The molecule has 4 nitrogen and oxygen atoms in total. The summed E-state index contributed by atoms with van der Waals surface area (Å²) in [5, 5.41) is 6.99. The van der Waals surface area contributed by atoms with Gasteiger partial charge in [0.2, 0.25) is 0 Å². The summed E-state index contributed by atoms with van der Waals surface area (Å²) in [6.45, 7) is 11.7. The molecule has 2 heterocycles. The van der Waals surface area contributed by atoms with Crippen molar-refractivity contribution in [2.24, 2.45) is 0 Å². The quantitative estimate of drug-likeness (QED) is 0.680. The molecule has 0 bridgehead atoms. The van der Waals surface area contributed by atoms with Crippen LogP contribution in [-0.2, 0) is 0 Å². The molecule has 0 radical (unpaired) electrons. The summed E-state index contributed by atoms with van der Waals surface area (Å²) in [5.41, 5.74) is 0.926. The van der Waals surface area contributed by atoms with Crippen molar-refractivity contribution in [2.45, 2.75) is 41.5 Å². The third-order valence-electron chi connectivity index (χ3n) is 1.13. The largest absolute Gasteiger partial charge is 0.365 e. The topological polar surface area (TPSA) is 52.1 Å². The first-order valence-corrected chi connectivity index (χ1v) is 5.53. The monoisotopic (exact) mass is 226 g/mol. The Morgan fingerprint density at radius 3 is 1.75 bits per heavy atom. The Hall–Kier alpha value is -1.58. The molecule has 0 fully saturated rings. The normalized spacial score (nSPS) is 7.38. The molecule has 92 valence electrons. The van der Waals surface area contributed by atoms with Gasteiger partial charge in [-0.3, -0.25) is 0 Å². The highest BCUT2D eigenvalue weighted by Crippen LogP contribution is 1.88. The summed E-state index contributed by atoms with van der Waals surface area (Å²) < 4.78 is 9.05. The minimum absolute atomic E-state index is 0.856. The molecule has 0 N–H and O–H groups in total. The van der Waals surface area contributed by atoms with Crippen LogP contribution in [-0.4, -0.2) is 10.3 Å². The zero-order valence-electron chi connectivity index (χ0n) is 11.0. The standard InChI is InChI=1S/2C4H5NO.2C2H6/c1-4-2-3-6-5-4;1-4-2-3-5-6-4;2*1-2/h2*2-3H,1H3;2*1-2H3. The van der Waals surface area contributed by atoms with Gasteiger partial charge in [0.25, 0.3) is 0 Å². The van der Waals surface area contributed by atoms with Crippen molar-refractivity contribution >= 4 is 0 Å².